The second kappa shape index (κ2) is 9.69. The fraction of sp³-hybridized carbons (Fsp3) is 0.476. The van der Waals surface area contributed by atoms with Gasteiger partial charge in [0.2, 0.25) is 5.12 Å². The van der Waals surface area contributed by atoms with Crippen LogP contribution in [0, 0.1) is 0 Å². The van der Waals surface area contributed by atoms with E-state index < -0.39 is 6.04 Å². The summed E-state index contributed by atoms with van der Waals surface area (Å²) in [5.41, 5.74) is 1.81. The van der Waals surface area contributed by atoms with E-state index in [1.54, 1.807) is 6.26 Å². The molecule has 1 aliphatic carbocycles. The Morgan fingerprint density at radius 1 is 1.24 bits per heavy atom. The van der Waals surface area contributed by atoms with Crippen molar-refractivity contribution in [1.29, 1.82) is 0 Å². The Bertz CT molecular complexity index is 868. The van der Waals surface area contributed by atoms with E-state index in [2.05, 4.69) is 17.2 Å². The van der Waals surface area contributed by atoms with Gasteiger partial charge in [0, 0.05) is 23.6 Å². The van der Waals surface area contributed by atoms with Gasteiger partial charge in [0.25, 0.3) is 5.24 Å². The smallest absolute Gasteiger partial charge is 1.00 e. The summed E-state index contributed by atoms with van der Waals surface area (Å²) in [4.78, 5) is 27.6. The third-order valence-electron chi connectivity index (χ3n) is 5.54. The number of benzene rings is 1. The quantitative estimate of drug-likeness (QED) is 0.708. The minimum Gasteiger partial charge on any atom is -1.00 e. The van der Waals surface area contributed by atoms with Crippen LogP contribution < -0.4 is 39.6 Å². The molecule has 0 radical (unpaired) electrons. The van der Waals surface area contributed by atoms with Gasteiger partial charge in [-0.2, -0.15) is 0 Å². The van der Waals surface area contributed by atoms with E-state index in [0.29, 0.717) is 13.0 Å². The number of thioether (sulfide) groups is 1. The van der Waals surface area contributed by atoms with Gasteiger partial charge in [0.05, 0.1) is 0 Å². The van der Waals surface area contributed by atoms with Crippen LogP contribution in [-0.4, -0.2) is 21.4 Å². The van der Waals surface area contributed by atoms with Crippen molar-refractivity contribution < 1.29 is 49.7 Å². The van der Waals surface area contributed by atoms with Crippen molar-refractivity contribution in [3.05, 3.63) is 47.7 Å². The number of aromatic nitrogens is 1. The van der Waals surface area contributed by atoms with Crippen LogP contribution in [0.3, 0.4) is 0 Å². The van der Waals surface area contributed by atoms with E-state index in [-0.39, 0.29) is 46.8 Å². The van der Waals surface area contributed by atoms with E-state index >= 15 is 0 Å². The molecule has 1 unspecified atom stereocenters. The molecule has 2 heterocycles. The number of ether oxygens (including phenoxy) is 1. The van der Waals surface area contributed by atoms with Crippen molar-refractivity contribution in [1.82, 2.24) is 10.3 Å². The summed E-state index contributed by atoms with van der Waals surface area (Å²) in [6.45, 7) is 2.59. The molecule has 1 saturated heterocycles. The third kappa shape index (κ3) is 5.45. The van der Waals surface area contributed by atoms with Gasteiger partial charge in [0.15, 0.2) is 5.89 Å². The van der Waals surface area contributed by atoms with E-state index in [0.717, 1.165) is 47.5 Å². The van der Waals surface area contributed by atoms with Crippen molar-refractivity contribution in [2.45, 2.75) is 63.5 Å². The number of carbonyl (C=O) groups excluding carboxylic acids is 2. The SMILES string of the molecule is CC1(c2nc(COc3ccc(CC4NC(=O)SC4=O)cc3)co2)CCCCC1.[H-].[Na+]. The number of hydrogen-bond acceptors (Lipinski definition) is 6. The summed E-state index contributed by atoms with van der Waals surface area (Å²) < 4.78 is 11.6. The molecule has 29 heavy (non-hydrogen) atoms. The number of nitrogens with zero attached hydrogens (tertiary/aromatic N) is 1. The first-order valence-corrected chi connectivity index (χ1v) is 10.5. The molecule has 1 aromatic heterocycles. The van der Waals surface area contributed by atoms with Crippen LogP contribution in [0.1, 0.15) is 57.6 Å². The van der Waals surface area contributed by atoms with Gasteiger partial charge in [-0.1, -0.05) is 38.3 Å². The minimum atomic E-state index is -0.445. The zero-order valence-electron chi connectivity index (χ0n) is 17.9. The second-order valence-electron chi connectivity index (χ2n) is 7.81. The van der Waals surface area contributed by atoms with E-state index in [4.69, 9.17) is 9.15 Å². The first-order chi connectivity index (χ1) is 13.5. The van der Waals surface area contributed by atoms with Crippen molar-refractivity contribution >= 4 is 22.1 Å². The number of amides is 1. The summed E-state index contributed by atoms with van der Waals surface area (Å²) in [6, 6.07) is 7.11. The molecule has 1 amide bonds. The van der Waals surface area contributed by atoms with Crippen LogP contribution in [0.2, 0.25) is 0 Å². The van der Waals surface area contributed by atoms with E-state index in [1.807, 2.05) is 24.3 Å². The standard InChI is InChI=1S/C21H24N2O4S.Na.H/c1-21(9-3-2-4-10-21)19-22-15(13-27-19)12-26-16-7-5-14(6-8-16)11-17-18(24)28-20(25)23-17;;/h5-8,13,17H,2-4,9-12H2,1H3,(H,23,25);;/q;+1;-1. The maximum absolute atomic E-state index is 11.7. The van der Waals surface area contributed by atoms with Crippen LogP contribution in [0.4, 0.5) is 4.79 Å². The summed E-state index contributed by atoms with van der Waals surface area (Å²) >= 11 is 0.739. The molecule has 6 nitrogen and oxygen atoms in total. The predicted octanol–water partition coefficient (Wildman–Crippen LogP) is 1.49. The first-order valence-electron chi connectivity index (χ1n) is 9.71. The molecular formula is C21H25N2NaO4S. The minimum absolute atomic E-state index is 0. The maximum atomic E-state index is 11.7. The van der Waals surface area contributed by atoms with Crippen molar-refractivity contribution in [2.75, 3.05) is 0 Å². The van der Waals surface area contributed by atoms with E-state index in [1.165, 1.54) is 19.3 Å². The molecule has 2 fully saturated rings. The van der Waals surface area contributed by atoms with Gasteiger partial charge in [-0.25, -0.2) is 4.98 Å². The van der Waals surface area contributed by atoms with Gasteiger partial charge in [-0.3, -0.25) is 9.59 Å². The molecule has 0 bridgehead atoms. The summed E-state index contributed by atoms with van der Waals surface area (Å²) in [5.74, 6) is 1.55. The number of carbonyl (C=O) groups is 2. The Labute approximate surface area is 198 Å². The van der Waals surface area contributed by atoms with Crippen molar-refractivity contribution in [3.8, 4) is 5.75 Å². The maximum Gasteiger partial charge on any atom is 1.00 e. The molecule has 1 aliphatic heterocycles. The van der Waals surface area contributed by atoms with Crippen LogP contribution in [0.5, 0.6) is 5.75 Å². The van der Waals surface area contributed by atoms with Crippen LogP contribution in [0.15, 0.2) is 34.9 Å². The molecule has 1 aromatic carbocycles. The molecular weight excluding hydrogens is 399 g/mol. The Morgan fingerprint density at radius 3 is 2.62 bits per heavy atom. The molecule has 0 spiro atoms. The Morgan fingerprint density at radius 2 is 1.97 bits per heavy atom. The second-order valence-corrected chi connectivity index (χ2v) is 8.78. The van der Waals surface area contributed by atoms with E-state index in [9.17, 15) is 9.59 Å². The normalized spacial score (nSPS) is 20.8. The Balaban J connectivity index is 0.00000160. The molecule has 2 aromatic rings. The number of hydrogen-bond donors (Lipinski definition) is 1. The number of oxazole rings is 1. The summed E-state index contributed by atoms with van der Waals surface area (Å²) in [6.07, 6.45) is 8.17. The monoisotopic (exact) mass is 424 g/mol. The number of rotatable bonds is 6. The average Bonchev–Trinajstić information content (AvgIpc) is 3.29. The van der Waals surface area contributed by atoms with Gasteiger partial charge in [-0.15, -0.1) is 0 Å². The molecule has 2 aliphatic rings. The van der Waals surface area contributed by atoms with Crippen molar-refractivity contribution in [3.63, 3.8) is 0 Å². The molecule has 150 valence electrons. The molecule has 4 rings (SSSR count). The predicted molar refractivity (Wildman–Crippen MR) is 107 cm³/mol. The molecule has 1 atom stereocenters. The molecule has 1 N–H and O–H groups in total. The van der Waals surface area contributed by atoms with Gasteiger partial charge in [-0.05, 0) is 30.5 Å². The number of nitrogens with one attached hydrogen (secondary N) is 1. The van der Waals surface area contributed by atoms with Crippen LogP contribution >= 0.6 is 11.8 Å². The van der Waals surface area contributed by atoms with Gasteiger partial charge >= 0.3 is 29.6 Å². The molecule has 8 heteroatoms. The van der Waals surface area contributed by atoms with Crippen LogP contribution in [0.25, 0.3) is 0 Å². The first kappa shape index (κ1) is 22.4. The Kier molecular flexibility index (Phi) is 7.48. The summed E-state index contributed by atoms with van der Waals surface area (Å²) in [5, 5.41) is 2.27. The summed E-state index contributed by atoms with van der Waals surface area (Å²) in [7, 11) is 0. The average molecular weight is 424 g/mol. The largest absolute Gasteiger partial charge is 1.00 e. The van der Waals surface area contributed by atoms with Gasteiger partial charge < -0.3 is 15.9 Å². The van der Waals surface area contributed by atoms with Gasteiger partial charge in [0.1, 0.15) is 30.4 Å². The zero-order valence-corrected chi connectivity index (χ0v) is 19.7. The molecule has 1 saturated carbocycles. The Hall–Kier alpha value is -1.28. The van der Waals surface area contributed by atoms with Crippen LogP contribution in [-0.2, 0) is 23.2 Å². The van der Waals surface area contributed by atoms with Crippen molar-refractivity contribution in [2.24, 2.45) is 0 Å². The topological polar surface area (TPSA) is 81.4 Å². The zero-order chi connectivity index (χ0) is 19.6. The fourth-order valence-corrected chi connectivity index (χ4v) is 4.51. The third-order valence-corrected chi connectivity index (χ3v) is 6.33. The fourth-order valence-electron chi connectivity index (χ4n) is 3.84.